The zero-order chi connectivity index (χ0) is 38.4. The van der Waals surface area contributed by atoms with E-state index in [4.69, 9.17) is 5.11 Å². The highest BCUT2D eigenvalue weighted by atomic mass is 16.4. The summed E-state index contributed by atoms with van der Waals surface area (Å²) in [4.78, 5) is 10.6. The second-order valence-electron chi connectivity index (χ2n) is 13.5. The van der Waals surface area contributed by atoms with Gasteiger partial charge >= 0.3 is 5.97 Å². The summed E-state index contributed by atoms with van der Waals surface area (Å²) in [5, 5.41) is 8.73. The van der Waals surface area contributed by atoms with Gasteiger partial charge < -0.3 is 5.11 Å². The van der Waals surface area contributed by atoms with E-state index in [1.807, 2.05) is 6.92 Å². The van der Waals surface area contributed by atoms with Gasteiger partial charge in [0.05, 0.1) is 5.92 Å². The van der Waals surface area contributed by atoms with Crippen LogP contribution >= 0.6 is 0 Å². The maximum Gasteiger partial charge on any atom is 0.306 e. The molecule has 0 bridgehead atoms. The molecule has 2 nitrogen and oxygen atoms in total. The van der Waals surface area contributed by atoms with E-state index in [1.54, 1.807) is 0 Å². The van der Waals surface area contributed by atoms with E-state index in [1.165, 1.54) is 173 Å². The summed E-state index contributed by atoms with van der Waals surface area (Å²) < 4.78 is 0. The average Bonchev–Trinajstić information content (AvgIpc) is 3.11. The van der Waals surface area contributed by atoms with Gasteiger partial charge in [0.1, 0.15) is 0 Å². The third-order valence-corrected chi connectivity index (χ3v) is 7.99. The van der Waals surface area contributed by atoms with Crippen LogP contribution < -0.4 is 0 Å². The van der Waals surface area contributed by atoms with Crippen LogP contribution in [-0.2, 0) is 4.79 Å². The predicted molar refractivity (Wildman–Crippen MR) is 229 cm³/mol. The lowest BCUT2D eigenvalue weighted by Gasteiger charge is -2.08. The van der Waals surface area contributed by atoms with E-state index in [0.717, 1.165) is 19.3 Å². The molecule has 0 rings (SSSR count). The smallest absolute Gasteiger partial charge is 0.306 e. The third-order valence-electron chi connectivity index (χ3n) is 7.99. The predicted octanol–water partition coefficient (Wildman–Crippen LogP) is 18.6. The van der Waals surface area contributed by atoms with Crippen molar-refractivity contribution in [2.45, 2.75) is 290 Å². The first-order valence-electron chi connectivity index (χ1n) is 22.4. The van der Waals surface area contributed by atoms with Crippen molar-refractivity contribution < 1.29 is 9.90 Å². The molecule has 1 N–H and O–H groups in total. The molecule has 0 saturated carbocycles. The first-order valence-corrected chi connectivity index (χ1v) is 22.4. The lowest BCUT2D eigenvalue weighted by molar-refractivity contribution is -0.142. The molecule has 1 atom stereocenters. The van der Waals surface area contributed by atoms with Crippen LogP contribution in [0.4, 0.5) is 0 Å². The Morgan fingerprint density at radius 2 is 0.479 bits per heavy atom. The van der Waals surface area contributed by atoms with Crippen LogP contribution in [0.5, 0.6) is 0 Å². The van der Waals surface area contributed by atoms with E-state index in [-0.39, 0.29) is 5.92 Å². The third kappa shape index (κ3) is 104. The number of unbranched alkanes of at least 4 members (excludes halogenated alkanes) is 21. The van der Waals surface area contributed by atoms with Crippen LogP contribution in [0.3, 0.4) is 0 Å². The molecule has 0 aromatic rings. The monoisotopic (exact) mass is 689 g/mol. The molecule has 0 aromatic carbocycles. The molecule has 0 aliphatic heterocycles. The van der Waals surface area contributed by atoms with Gasteiger partial charge in [-0.1, -0.05) is 277 Å². The molecule has 0 aliphatic rings. The van der Waals surface area contributed by atoms with Crippen molar-refractivity contribution in [2.24, 2.45) is 5.92 Å². The standard InChI is InChI=1S/C10H20O2.6C6H14/c1-3-5-6-7-8-9(4-2)10(11)12;6*1-3-5-6-4-2/h9H,3-8H2,1-2H3,(H,11,12);6*3-6H2,1-2H3. The van der Waals surface area contributed by atoms with Crippen molar-refractivity contribution in [1.29, 1.82) is 0 Å². The minimum Gasteiger partial charge on any atom is -0.481 e. The van der Waals surface area contributed by atoms with Crippen LogP contribution in [0.2, 0.25) is 0 Å². The molecule has 0 saturated heterocycles. The lowest BCUT2D eigenvalue weighted by atomic mass is 9.99. The maximum atomic E-state index is 10.6. The minimum absolute atomic E-state index is 0.109. The summed E-state index contributed by atoms with van der Waals surface area (Å²) >= 11 is 0. The Morgan fingerprint density at radius 3 is 0.604 bits per heavy atom. The summed E-state index contributed by atoms with van der Waals surface area (Å²) in [5.74, 6) is -0.740. The Kier molecular flexibility index (Phi) is 99.6. The van der Waals surface area contributed by atoms with E-state index < -0.39 is 5.97 Å². The van der Waals surface area contributed by atoms with Gasteiger partial charge in [0, 0.05) is 0 Å². The van der Waals surface area contributed by atoms with Crippen LogP contribution in [0.15, 0.2) is 0 Å². The van der Waals surface area contributed by atoms with E-state index in [9.17, 15) is 4.79 Å². The van der Waals surface area contributed by atoms with E-state index in [0.29, 0.717) is 0 Å². The van der Waals surface area contributed by atoms with Gasteiger partial charge in [-0.05, 0) is 12.8 Å². The van der Waals surface area contributed by atoms with E-state index in [2.05, 4.69) is 90.0 Å². The molecule has 2 heteroatoms. The molecule has 0 aromatic heterocycles. The first kappa shape index (κ1) is 62.6. The fourth-order valence-electron chi connectivity index (χ4n) is 4.32. The quantitative estimate of drug-likeness (QED) is 0.0969. The number of rotatable bonds is 25. The Hall–Kier alpha value is -0.530. The highest BCUT2D eigenvalue weighted by molar-refractivity contribution is 5.69. The number of hydrogen-bond donors (Lipinski definition) is 1. The zero-order valence-electron chi connectivity index (χ0n) is 37.1. The summed E-state index contributed by atoms with van der Waals surface area (Å²) in [6, 6.07) is 0. The highest BCUT2D eigenvalue weighted by Crippen LogP contribution is 2.14. The Bertz CT molecular complexity index is 334. The second-order valence-corrected chi connectivity index (χ2v) is 13.5. The zero-order valence-corrected chi connectivity index (χ0v) is 37.1. The normalized spacial score (nSPS) is 9.96. The molecule has 0 heterocycles. The van der Waals surface area contributed by atoms with Gasteiger partial charge in [-0.15, -0.1) is 0 Å². The van der Waals surface area contributed by atoms with Gasteiger partial charge in [-0.25, -0.2) is 0 Å². The Morgan fingerprint density at radius 1 is 0.312 bits per heavy atom. The van der Waals surface area contributed by atoms with Crippen LogP contribution in [0.25, 0.3) is 0 Å². The largest absolute Gasteiger partial charge is 0.481 e. The number of carbonyl (C=O) groups is 1. The summed E-state index contributed by atoms with van der Waals surface area (Å²) in [6.45, 7) is 30.9. The number of carboxylic acid groups (broad SMARTS) is 1. The van der Waals surface area contributed by atoms with Gasteiger partial charge in [0.2, 0.25) is 0 Å². The van der Waals surface area contributed by atoms with Crippen LogP contribution in [0.1, 0.15) is 290 Å². The number of aliphatic carboxylic acids is 1. The van der Waals surface area contributed by atoms with Crippen molar-refractivity contribution in [3.8, 4) is 0 Å². The molecule has 0 amide bonds. The Labute approximate surface area is 310 Å². The minimum atomic E-state index is -0.631. The molecule has 300 valence electrons. The van der Waals surface area contributed by atoms with E-state index >= 15 is 0 Å². The fourth-order valence-corrected chi connectivity index (χ4v) is 4.32. The van der Waals surface area contributed by atoms with Crippen molar-refractivity contribution >= 4 is 5.97 Å². The van der Waals surface area contributed by atoms with Crippen molar-refractivity contribution in [3.63, 3.8) is 0 Å². The SMILES string of the molecule is CCCCCC.CCCCCC.CCCCCC.CCCCCC.CCCCCC.CCCCCC.CCCCCCC(CC)C(=O)O. The second kappa shape index (κ2) is 76.4. The topological polar surface area (TPSA) is 37.3 Å². The number of hydrogen-bond acceptors (Lipinski definition) is 1. The van der Waals surface area contributed by atoms with Crippen molar-refractivity contribution in [2.75, 3.05) is 0 Å². The van der Waals surface area contributed by atoms with Crippen LogP contribution in [0, 0.1) is 5.92 Å². The van der Waals surface area contributed by atoms with Gasteiger partial charge in [-0.3, -0.25) is 4.79 Å². The lowest BCUT2D eigenvalue weighted by Crippen LogP contribution is -2.12. The van der Waals surface area contributed by atoms with Gasteiger partial charge in [0.25, 0.3) is 0 Å². The molecule has 0 fully saturated rings. The first-order chi connectivity index (χ1) is 23.2. The highest BCUT2D eigenvalue weighted by Gasteiger charge is 2.13. The maximum absolute atomic E-state index is 10.6. The molecule has 0 spiro atoms. The molecular formula is C46H104O2. The fraction of sp³-hybridized carbons (Fsp3) is 0.978. The average molecular weight is 689 g/mol. The molecular weight excluding hydrogens is 585 g/mol. The summed E-state index contributed by atoms with van der Waals surface area (Å²) in [6.07, 6.45) is 39.5. The van der Waals surface area contributed by atoms with Crippen molar-refractivity contribution in [3.05, 3.63) is 0 Å². The van der Waals surface area contributed by atoms with Gasteiger partial charge in [0.15, 0.2) is 0 Å². The molecule has 1 unspecified atom stereocenters. The van der Waals surface area contributed by atoms with Crippen LogP contribution in [-0.4, -0.2) is 11.1 Å². The molecule has 48 heavy (non-hydrogen) atoms. The molecule has 0 radical (unpaired) electrons. The van der Waals surface area contributed by atoms with Crippen molar-refractivity contribution in [1.82, 2.24) is 0 Å². The summed E-state index contributed by atoms with van der Waals surface area (Å²) in [5.41, 5.74) is 0. The Balaban J connectivity index is -0.0000000836. The number of carboxylic acids is 1. The molecule has 0 aliphatic carbocycles. The summed E-state index contributed by atoms with van der Waals surface area (Å²) in [7, 11) is 0. The van der Waals surface area contributed by atoms with Gasteiger partial charge in [-0.2, -0.15) is 0 Å².